The van der Waals surface area contributed by atoms with Gasteiger partial charge in [-0.1, -0.05) is 36.9 Å². The molecule has 0 heterocycles. The third-order valence-electron chi connectivity index (χ3n) is 1.67. The minimum atomic E-state index is -0.405. The van der Waals surface area contributed by atoms with E-state index >= 15 is 0 Å². The van der Waals surface area contributed by atoms with Crippen molar-refractivity contribution >= 4 is 11.4 Å². The van der Waals surface area contributed by atoms with Crippen molar-refractivity contribution in [3.05, 3.63) is 48.6 Å². The Morgan fingerprint density at radius 2 is 1.83 bits per heavy atom. The van der Waals surface area contributed by atoms with Gasteiger partial charge in [-0.05, 0) is 18.6 Å². The second kappa shape index (κ2) is 3.35. The summed E-state index contributed by atoms with van der Waals surface area (Å²) in [6, 6.07) is 7.12. The van der Waals surface area contributed by atoms with E-state index in [9.17, 15) is 4.39 Å². The zero-order valence-corrected chi connectivity index (χ0v) is 7.10. The lowest BCUT2D eigenvalue weighted by Gasteiger charge is -2.01. The van der Waals surface area contributed by atoms with E-state index in [1.807, 2.05) is 13.0 Å². The maximum absolute atomic E-state index is 12.7. The fourth-order valence-corrected chi connectivity index (χ4v) is 0.953. The van der Waals surface area contributed by atoms with E-state index in [-0.39, 0.29) is 0 Å². The first-order valence-corrected chi connectivity index (χ1v) is 3.72. The van der Waals surface area contributed by atoms with Crippen LogP contribution in [0, 0.1) is 0 Å². The average molecular weight is 162 g/mol. The Hall–Kier alpha value is -1.37. The van der Waals surface area contributed by atoms with Gasteiger partial charge in [0.15, 0.2) is 0 Å². The zero-order valence-electron chi connectivity index (χ0n) is 7.10. The highest BCUT2D eigenvalue weighted by molar-refractivity contribution is 5.66. The molecule has 0 spiro atoms. The van der Waals surface area contributed by atoms with E-state index in [4.69, 9.17) is 0 Å². The standard InChI is InChI=1S/C11H11F/c1-8(2)10-5-4-6-11(7-10)9(3)12/h4-7H,1,3H2,2H3. The van der Waals surface area contributed by atoms with Crippen molar-refractivity contribution in [1.82, 2.24) is 0 Å². The molecule has 1 rings (SSSR count). The van der Waals surface area contributed by atoms with E-state index < -0.39 is 5.83 Å². The summed E-state index contributed by atoms with van der Waals surface area (Å²) in [5.41, 5.74) is 2.40. The van der Waals surface area contributed by atoms with Crippen LogP contribution in [0.4, 0.5) is 4.39 Å². The van der Waals surface area contributed by atoms with Crippen molar-refractivity contribution in [1.29, 1.82) is 0 Å². The molecule has 0 unspecified atom stereocenters. The lowest BCUT2D eigenvalue weighted by atomic mass is 10.1. The van der Waals surface area contributed by atoms with E-state index in [2.05, 4.69) is 13.2 Å². The molecule has 0 fully saturated rings. The number of halogens is 1. The largest absolute Gasteiger partial charge is 0.207 e. The van der Waals surface area contributed by atoms with Gasteiger partial charge in [-0.3, -0.25) is 0 Å². The van der Waals surface area contributed by atoms with Crippen LogP contribution < -0.4 is 0 Å². The summed E-state index contributed by atoms with van der Waals surface area (Å²) in [6.45, 7) is 8.89. The smallest absolute Gasteiger partial charge is 0.123 e. The zero-order chi connectivity index (χ0) is 9.14. The summed E-state index contributed by atoms with van der Waals surface area (Å²) in [6.07, 6.45) is 0. The Bertz CT molecular complexity index is 294. The van der Waals surface area contributed by atoms with Crippen LogP contribution in [0.1, 0.15) is 18.1 Å². The minimum absolute atomic E-state index is 0.405. The molecule has 0 amide bonds. The van der Waals surface area contributed by atoms with Crippen LogP contribution in [0.25, 0.3) is 11.4 Å². The first-order chi connectivity index (χ1) is 5.61. The summed E-state index contributed by atoms with van der Waals surface area (Å²) in [7, 11) is 0. The summed E-state index contributed by atoms with van der Waals surface area (Å²) in [4.78, 5) is 0. The molecule has 62 valence electrons. The van der Waals surface area contributed by atoms with Gasteiger partial charge in [0.2, 0.25) is 0 Å². The number of rotatable bonds is 2. The molecule has 1 aromatic carbocycles. The summed E-state index contributed by atoms with van der Waals surface area (Å²) < 4.78 is 12.7. The van der Waals surface area contributed by atoms with Crippen molar-refractivity contribution in [3.63, 3.8) is 0 Å². The highest BCUT2D eigenvalue weighted by Gasteiger charge is 1.98. The second-order valence-electron chi connectivity index (χ2n) is 2.77. The Morgan fingerprint density at radius 3 is 2.33 bits per heavy atom. The highest BCUT2D eigenvalue weighted by atomic mass is 19.1. The number of benzene rings is 1. The lowest BCUT2D eigenvalue weighted by Crippen LogP contribution is -1.81. The molecule has 1 aromatic rings. The number of hydrogen-bond acceptors (Lipinski definition) is 0. The highest BCUT2D eigenvalue weighted by Crippen LogP contribution is 2.18. The lowest BCUT2D eigenvalue weighted by molar-refractivity contribution is 0.763. The third-order valence-corrected chi connectivity index (χ3v) is 1.67. The summed E-state index contributed by atoms with van der Waals surface area (Å²) in [5.74, 6) is -0.405. The SMILES string of the molecule is C=C(C)c1cccc(C(=C)F)c1. The van der Waals surface area contributed by atoms with Gasteiger partial charge in [0, 0.05) is 5.56 Å². The molecule has 0 aliphatic rings. The van der Waals surface area contributed by atoms with Crippen LogP contribution in [0.5, 0.6) is 0 Å². The molecule has 0 aliphatic carbocycles. The van der Waals surface area contributed by atoms with Gasteiger partial charge in [0.25, 0.3) is 0 Å². The van der Waals surface area contributed by atoms with Crippen LogP contribution in [-0.2, 0) is 0 Å². The first-order valence-electron chi connectivity index (χ1n) is 3.72. The fraction of sp³-hybridized carbons (Fsp3) is 0.0909. The predicted octanol–water partition coefficient (Wildman–Crippen LogP) is 3.66. The summed E-state index contributed by atoms with van der Waals surface area (Å²) in [5, 5.41) is 0. The minimum Gasteiger partial charge on any atom is -0.207 e. The van der Waals surface area contributed by atoms with Crippen molar-refractivity contribution in [2.75, 3.05) is 0 Å². The molecule has 0 bridgehead atoms. The molecular weight excluding hydrogens is 151 g/mol. The van der Waals surface area contributed by atoms with Crippen molar-refractivity contribution in [2.45, 2.75) is 6.92 Å². The Kier molecular flexibility index (Phi) is 2.44. The van der Waals surface area contributed by atoms with Crippen molar-refractivity contribution in [2.24, 2.45) is 0 Å². The normalized spacial score (nSPS) is 9.50. The molecule has 0 aromatic heterocycles. The van der Waals surface area contributed by atoms with Crippen LogP contribution in [0.2, 0.25) is 0 Å². The molecule has 0 saturated carbocycles. The molecule has 12 heavy (non-hydrogen) atoms. The Labute approximate surface area is 72.0 Å². The van der Waals surface area contributed by atoms with E-state index in [1.54, 1.807) is 18.2 Å². The van der Waals surface area contributed by atoms with Crippen LogP contribution in [0.3, 0.4) is 0 Å². The van der Waals surface area contributed by atoms with Gasteiger partial charge in [0.05, 0.1) is 0 Å². The van der Waals surface area contributed by atoms with Gasteiger partial charge in [0.1, 0.15) is 5.83 Å². The third kappa shape index (κ3) is 1.82. The Morgan fingerprint density at radius 1 is 1.25 bits per heavy atom. The van der Waals surface area contributed by atoms with Crippen molar-refractivity contribution < 1.29 is 4.39 Å². The van der Waals surface area contributed by atoms with Gasteiger partial charge < -0.3 is 0 Å². The van der Waals surface area contributed by atoms with Gasteiger partial charge in [-0.25, -0.2) is 4.39 Å². The average Bonchev–Trinajstić information content (AvgIpc) is 2.04. The molecule has 1 heteroatoms. The van der Waals surface area contributed by atoms with Gasteiger partial charge >= 0.3 is 0 Å². The molecule has 0 aliphatic heterocycles. The van der Waals surface area contributed by atoms with Crippen LogP contribution in [-0.4, -0.2) is 0 Å². The molecular formula is C11H11F. The Balaban J connectivity index is 3.12. The predicted molar refractivity (Wildman–Crippen MR) is 51.3 cm³/mol. The maximum Gasteiger partial charge on any atom is 0.123 e. The molecule has 0 saturated heterocycles. The fourth-order valence-electron chi connectivity index (χ4n) is 0.953. The van der Waals surface area contributed by atoms with Crippen LogP contribution >= 0.6 is 0 Å². The van der Waals surface area contributed by atoms with Crippen molar-refractivity contribution in [3.8, 4) is 0 Å². The topological polar surface area (TPSA) is 0 Å². The maximum atomic E-state index is 12.7. The second-order valence-corrected chi connectivity index (χ2v) is 2.77. The van der Waals surface area contributed by atoms with Gasteiger partial charge in [-0.15, -0.1) is 0 Å². The number of hydrogen-bond donors (Lipinski definition) is 0. The van der Waals surface area contributed by atoms with Crippen LogP contribution in [0.15, 0.2) is 37.4 Å². The van der Waals surface area contributed by atoms with E-state index in [0.29, 0.717) is 5.56 Å². The molecule has 0 N–H and O–H groups in total. The molecule has 0 radical (unpaired) electrons. The number of allylic oxidation sites excluding steroid dienone is 1. The summed E-state index contributed by atoms with van der Waals surface area (Å²) >= 11 is 0. The molecule has 0 nitrogen and oxygen atoms in total. The molecule has 0 atom stereocenters. The van der Waals surface area contributed by atoms with E-state index in [1.165, 1.54) is 0 Å². The monoisotopic (exact) mass is 162 g/mol. The first kappa shape index (κ1) is 8.72. The quantitative estimate of drug-likeness (QED) is 0.622. The van der Waals surface area contributed by atoms with Gasteiger partial charge in [-0.2, -0.15) is 0 Å². The van der Waals surface area contributed by atoms with E-state index in [0.717, 1.165) is 11.1 Å².